The van der Waals surface area contributed by atoms with E-state index in [9.17, 15) is 0 Å². The van der Waals surface area contributed by atoms with Crippen LogP contribution in [0, 0.1) is 0 Å². The summed E-state index contributed by atoms with van der Waals surface area (Å²) in [5.41, 5.74) is 7.58. The van der Waals surface area contributed by atoms with E-state index in [0.717, 1.165) is 59.2 Å². The fourth-order valence-electron chi connectivity index (χ4n) is 5.80. The number of likely N-dealkylation sites (N-methyl/N-ethyl adjacent to an activating group) is 1. The van der Waals surface area contributed by atoms with Gasteiger partial charge in [0.2, 0.25) is 5.95 Å². The molecule has 2 aliphatic rings. The van der Waals surface area contributed by atoms with Crippen molar-refractivity contribution in [3.05, 3.63) is 53.5 Å². The lowest BCUT2D eigenvalue weighted by molar-refractivity contribution is 0.243. The number of aryl methyl sites for hydroxylation is 1. The van der Waals surface area contributed by atoms with Crippen LogP contribution in [-0.4, -0.2) is 60.0 Å². The lowest BCUT2D eigenvalue weighted by atomic mass is 10.0. The molecule has 2 aromatic carbocycles. The summed E-state index contributed by atoms with van der Waals surface area (Å²) in [6, 6.07) is 10.2. The van der Waals surface area contributed by atoms with Crippen molar-refractivity contribution in [2.24, 2.45) is 7.05 Å². The monoisotopic (exact) mass is 523 g/mol. The molecule has 39 heavy (non-hydrogen) atoms. The number of rotatable bonds is 7. The molecule has 10 heteroatoms. The summed E-state index contributed by atoms with van der Waals surface area (Å²) in [6.45, 7) is 7.39. The zero-order chi connectivity index (χ0) is 26.7. The Bertz CT molecular complexity index is 1680. The average molecular weight is 524 g/mol. The third-order valence-corrected chi connectivity index (χ3v) is 8.03. The van der Waals surface area contributed by atoms with Gasteiger partial charge in [-0.15, -0.1) is 5.10 Å². The van der Waals surface area contributed by atoms with E-state index in [4.69, 9.17) is 19.8 Å². The lowest BCUT2D eigenvalue weighted by Crippen LogP contribution is -2.32. The molecule has 1 unspecified atom stereocenters. The minimum Gasteiger partial charge on any atom is -0.496 e. The molecule has 5 aromatic rings. The smallest absolute Gasteiger partial charge is 0.225 e. The third-order valence-electron chi connectivity index (χ3n) is 8.03. The van der Waals surface area contributed by atoms with E-state index >= 15 is 0 Å². The summed E-state index contributed by atoms with van der Waals surface area (Å²) in [6.07, 6.45) is 4.31. The van der Waals surface area contributed by atoms with Crippen LogP contribution < -0.4 is 10.1 Å². The van der Waals surface area contributed by atoms with Gasteiger partial charge in [-0.2, -0.15) is 10.1 Å². The number of H-pyrrole nitrogens is 2. The molecule has 1 fully saturated rings. The van der Waals surface area contributed by atoms with E-state index < -0.39 is 0 Å². The van der Waals surface area contributed by atoms with Gasteiger partial charge in [-0.05, 0) is 55.1 Å². The highest BCUT2D eigenvalue weighted by Crippen LogP contribution is 2.47. The highest BCUT2D eigenvalue weighted by molar-refractivity contribution is 5.89. The molecule has 3 N–H and O–H groups in total. The molecule has 7 rings (SSSR count). The molecule has 200 valence electrons. The number of ether oxygens (including phenoxy) is 1. The first-order valence-electron chi connectivity index (χ1n) is 13.7. The molecule has 1 atom stereocenters. The van der Waals surface area contributed by atoms with Gasteiger partial charge >= 0.3 is 0 Å². The maximum atomic E-state index is 5.82. The van der Waals surface area contributed by atoms with Crippen LogP contribution in [0.25, 0.3) is 33.7 Å². The number of nitrogens with zero attached hydrogens (tertiary/aromatic N) is 6. The molecule has 0 bridgehead atoms. The number of anilines is 2. The molecule has 0 spiro atoms. The largest absolute Gasteiger partial charge is 0.496 e. The molecule has 4 heterocycles. The highest BCUT2D eigenvalue weighted by atomic mass is 16.5. The standard InChI is InChI=1S/C29H33N9O/c1-5-38-14-16(2)26-23(15-38)31-28(33-26)19-9-8-18(12-24(19)39-4)27-34-29(37(3)36-27)32-22-11-10-21-20(13-30-35-21)25(22)17-6-7-17/h8-13,16-17H,5-7,14-15H2,1-4H3,(H,30,35)(H,31,33)(H,32,34,36). The second-order valence-corrected chi connectivity index (χ2v) is 10.7. The second kappa shape index (κ2) is 9.23. The van der Waals surface area contributed by atoms with Gasteiger partial charge in [0.1, 0.15) is 11.6 Å². The Kier molecular flexibility index (Phi) is 5.66. The van der Waals surface area contributed by atoms with E-state index in [2.05, 4.69) is 51.4 Å². The van der Waals surface area contributed by atoms with Crippen molar-refractivity contribution in [1.29, 1.82) is 0 Å². The molecule has 1 aliphatic carbocycles. The predicted octanol–water partition coefficient (Wildman–Crippen LogP) is 5.32. The molecule has 0 amide bonds. The normalized spacial score (nSPS) is 17.5. The summed E-state index contributed by atoms with van der Waals surface area (Å²) in [5.74, 6) is 3.87. The molecular weight excluding hydrogens is 490 g/mol. The Morgan fingerprint density at radius 1 is 1.15 bits per heavy atom. The number of aromatic nitrogens is 7. The minimum absolute atomic E-state index is 0.415. The molecule has 1 saturated carbocycles. The molecule has 1 aliphatic heterocycles. The van der Waals surface area contributed by atoms with Crippen molar-refractivity contribution in [3.8, 4) is 28.5 Å². The summed E-state index contributed by atoms with van der Waals surface area (Å²) < 4.78 is 7.61. The highest BCUT2D eigenvalue weighted by Gasteiger charge is 2.29. The first-order valence-corrected chi connectivity index (χ1v) is 13.7. The minimum atomic E-state index is 0.415. The van der Waals surface area contributed by atoms with Gasteiger partial charge in [0.15, 0.2) is 5.82 Å². The average Bonchev–Trinajstić information content (AvgIpc) is 3.32. The van der Waals surface area contributed by atoms with Crippen LogP contribution in [0.4, 0.5) is 11.6 Å². The van der Waals surface area contributed by atoms with Crippen molar-refractivity contribution in [2.45, 2.75) is 45.1 Å². The van der Waals surface area contributed by atoms with Crippen LogP contribution in [0.5, 0.6) is 5.75 Å². The molecule has 0 saturated heterocycles. The van der Waals surface area contributed by atoms with Crippen LogP contribution in [0.2, 0.25) is 0 Å². The third kappa shape index (κ3) is 4.15. The van der Waals surface area contributed by atoms with E-state index in [1.54, 1.807) is 11.8 Å². The number of fused-ring (bicyclic) bond motifs is 2. The molecule has 0 radical (unpaired) electrons. The first-order chi connectivity index (χ1) is 19.0. The predicted molar refractivity (Wildman–Crippen MR) is 151 cm³/mol. The Hall–Kier alpha value is -4.18. The van der Waals surface area contributed by atoms with E-state index in [-0.39, 0.29) is 0 Å². The van der Waals surface area contributed by atoms with Crippen molar-refractivity contribution in [1.82, 2.24) is 39.8 Å². The maximum absolute atomic E-state index is 5.82. The summed E-state index contributed by atoms with van der Waals surface area (Å²) in [4.78, 5) is 15.8. The number of imidazole rings is 1. The van der Waals surface area contributed by atoms with Gasteiger partial charge in [0.25, 0.3) is 0 Å². The summed E-state index contributed by atoms with van der Waals surface area (Å²) in [5, 5.41) is 16.8. The van der Waals surface area contributed by atoms with Crippen LogP contribution >= 0.6 is 0 Å². The Morgan fingerprint density at radius 2 is 2.03 bits per heavy atom. The maximum Gasteiger partial charge on any atom is 0.225 e. The Morgan fingerprint density at radius 3 is 2.82 bits per heavy atom. The van der Waals surface area contributed by atoms with Crippen molar-refractivity contribution in [2.75, 3.05) is 25.5 Å². The zero-order valence-electron chi connectivity index (χ0n) is 22.7. The van der Waals surface area contributed by atoms with Crippen molar-refractivity contribution in [3.63, 3.8) is 0 Å². The van der Waals surface area contributed by atoms with Gasteiger partial charge in [0, 0.05) is 48.4 Å². The fraction of sp³-hybridized carbons (Fsp3) is 0.379. The molecular formula is C29H33N9O. The van der Waals surface area contributed by atoms with Gasteiger partial charge in [-0.1, -0.05) is 19.9 Å². The van der Waals surface area contributed by atoms with Gasteiger partial charge in [0.05, 0.1) is 30.1 Å². The second-order valence-electron chi connectivity index (χ2n) is 10.7. The van der Waals surface area contributed by atoms with Gasteiger partial charge in [-0.25, -0.2) is 9.67 Å². The Balaban J connectivity index is 1.19. The van der Waals surface area contributed by atoms with Crippen molar-refractivity contribution < 1.29 is 4.74 Å². The number of aromatic amines is 2. The van der Waals surface area contributed by atoms with Gasteiger partial charge in [-0.3, -0.25) is 10.00 Å². The number of benzene rings is 2. The number of nitrogens with one attached hydrogen (secondary N) is 3. The van der Waals surface area contributed by atoms with E-state index in [1.807, 2.05) is 31.4 Å². The van der Waals surface area contributed by atoms with E-state index in [0.29, 0.717) is 23.6 Å². The van der Waals surface area contributed by atoms with Crippen LogP contribution in [0.15, 0.2) is 36.5 Å². The summed E-state index contributed by atoms with van der Waals surface area (Å²) >= 11 is 0. The molecule has 10 nitrogen and oxygen atoms in total. The topological polar surface area (TPSA) is 113 Å². The summed E-state index contributed by atoms with van der Waals surface area (Å²) in [7, 11) is 3.60. The SMILES string of the molecule is CCN1Cc2nc(-c3ccc(-c4nc(Nc5ccc6[nH]ncc6c5C5CC5)n(C)n4)cc3OC)[nH]c2C(C)C1. The lowest BCUT2D eigenvalue weighted by Gasteiger charge is -2.28. The Labute approximate surface area is 226 Å². The number of hydrogen-bond acceptors (Lipinski definition) is 7. The fourth-order valence-corrected chi connectivity index (χ4v) is 5.80. The zero-order valence-corrected chi connectivity index (χ0v) is 22.7. The number of methoxy groups -OCH3 is 1. The molecule has 3 aromatic heterocycles. The van der Waals surface area contributed by atoms with Crippen LogP contribution in [0.3, 0.4) is 0 Å². The van der Waals surface area contributed by atoms with Gasteiger partial charge < -0.3 is 15.0 Å². The van der Waals surface area contributed by atoms with E-state index in [1.165, 1.54) is 29.5 Å². The quantitative estimate of drug-likeness (QED) is 0.265. The first kappa shape index (κ1) is 23.9. The van der Waals surface area contributed by atoms with Crippen molar-refractivity contribution >= 4 is 22.5 Å². The number of hydrogen-bond donors (Lipinski definition) is 3. The van der Waals surface area contributed by atoms with Crippen LogP contribution in [-0.2, 0) is 13.6 Å². The van der Waals surface area contributed by atoms with Crippen LogP contribution in [0.1, 0.15) is 55.5 Å².